The Morgan fingerprint density at radius 3 is 2.45 bits per heavy atom. The minimum absolute atomic E-state index is 0.182. The summed E-state index contributed by atoms with van der Waals surface area (Å²) >= 11 is 0. The first-order chi connectivity index (χ1) is 9.22. The van der Waals surface area contributed by atoms with Crippen molar-refractivity contribution in [3.63, 3.8) is 0 Å². The molecule has 0 fully saturated rings. The fraction of sp³-hybridized carbons (Fsp3) is 0.455. The molecule has 0 aliphatic carbocycles. The Hall–Kier alpha value is -2.58. The summed E-state index contributed by atoms with van der Waals surface area (Å²) in [6.45, 7) is 4.57. The summed E-state index contributed by atoms with van der Waals surface area (Å²) in [5.74, 6) is -1.47. The summed E-state index contributed by atoms with van der Waals surface area (Å²) in [5.41, 5.74) is 12.3. The van der Waals surface area contributed by atoms with E-state index < -0.39 is 24.0 Å². The second-order valence-corrected chi connectivity index (χ2v) is 4.23. The largest absolute Gasteiger partial charge is 0.451 e. The molecule has 20 heavy (non-hydrogen) atoms. The van der Waals surface area contributed by atoms with Crippen LogP contribution in [0, 0.1) is 13.8 Å². The predicted octanol–water partition coefficient (Wildman–Crippen LogP) is -0.791. The quantitative estimate of drug-likeness (QED) is 0.618. The molecule has 0 aromatic carbocycles. The number of nitrogens with one attached hydrogen (secondary N) is 1. The monoisotopic (exact) mass is 283 g/mol. The molecule has 9 nitrogen and oxygen atoms in total. The van der Waals surface area contributed by atoms with Crippen LogP contribution in [0.2, 0.25) is 0 Å². The topological polar surface area (TPSA) is 142 Å². The number of carbonyl (C=O) groups is 3. The first-order valence-electron chi connectivity index (χ1n) is 5.81. The number of aromatic nitrogens is 2. The molecular weight excluding hydrogens is 266 g/mol. The lowest BCUT2D eigenvalue weighted by molar-refractivity contribution is -0.155. The summed E-state index contributed by atoms with van der Waals surface area (Å²) in [6, 6.07) is -1.01. The van der Waals surface area contributed by atoms with Gasteiger partial charge in [-0.05, 0) is 20.8 Å². The molecule has 0 spiro atoms. The van der Waals surface area contributed by atoms with E-state index in [0.29, 0.717) is 17.1 Å². The summed E-state index contributed by atoms with van der Waals surface area (Å²) < 4.78 is 6.24. The highest BCUT2D eigenvalue weighted by Gasteiger charge is 2.20. The maximum atomic E-state index is 11.7. The van der Waals surface area contributed by atoms with Crippen LogP contribution in [0.25, 0.3) is 0 Å². The van der Waals surface area contributed by atoms with Crippen molar-refractivity contribution in [2.75, 3.05) is 5.73 Å². The zero-order chi connectivity index (χ0) is 15.4. The fourth-order valence-corrected chi connectivity index (χ4v) is 1.50. The minimum Gasteiger partial charge on any atom is -0.451 e. The maximum absolute atomic E-state index is 11.7. The lowest BCUT2D eigenvalue weighted by atomic mass is 10.3. The van der Waals surface area contributed by atoms with Crippen LogP contribution >= 0.6 is 0 Å². The third kappa shape index (κ3) is 3.70. The van der Waals surface area contributed by atoms with E-state index in [1.165, 1.54) is 11.6 Å². The Morgan fingerprint density at radius 2 is 2.00 bits per heavy atom. The number of hydrogen-bond donors (Lipinski definition) is 3. The summed E-state index contributed by atoms with van der Waals surface area (Å²) in [7, 11) is 0. The Bertz CT molecular complexity index is 551. The number of anilines is 1. The zero-order valence-corrected chi connectivity index (χ0v) is 11.5. The number of carbonyl (C=O) groups excluding carboxylic acids is 3. The van der Waals surface area contributed by atoms with Crippen molar-refractivity contribution in [3.8, 4) is 0 Å². The molecule has 0 bridgehead atoms. The lowest BCUT2D eigenvalue weighted by Crippen LogP contribution is -2.42. The van der Waals surface area contributed by atoms with Gasteiger partial charge in [0.05, 0.1) is 17.1 Å². The van der Waals surface area contributed by atoms with E-state index in [9.17, 15) is 14.4 Å². The third-order valence-electron chi connectivity index (χ3n) is 2.64. The maximum Gasteiger partial charge on any atom is 0.328 e. The van der Waals surface area contributed by atoms with Crippen LogP contribution in [-0.2, 0) is 20.9 Å². The molecule has 1 aromatic heterocycles. The van der Waals surface area contributed by atoms with Crippen molar-refractivity contribution in [2.24, 2.45) is 5.73 Å². The summed E-state index contributed by atoms with van der Waals surface area (Å²) in [4.78, 5) is 33.5. The minimum atomic E-state index is -1.13. The molecule has 0 saturated carbocycles. The highest BCUT2D eigenvalue weighted by molar-refractivity contribution is 5.96. The van der Waals surface area contributed by atoms with Crippen LogP contribution < -0.4 is 16.8 Å². The lowest BCUT2D eigenvalue weighted by Gasteiger charge is -2.12. The number of hydrogen-bond acceptors (Lipinski definition) is 6. The Morgan fingerprint density at radius 1 is 1.40 bits per heavy atom. The van der Waals surface area contributed by atoms with Crippen molar-refractivity contribution in [3.05, 3.63) is 11.4 Å². The van der Waals surface area contributed by atoms with Gasteiger partial charge in [0, 0.05) is 0 Å². The molecule has 110 valence electrons. The molecule has 5 N–H and O–H groups in total. The number of esters is 1. The zero-order valence-electron chi connectivity index (χ0n) is 11.5. The molecular formula is C11H17N5O4. The molecule has 1 atom stereocenters. The van der Waals surface area contributed by atoms with Crippen molar-refractivity contribution in [1.82, 2.24) is 15.1 Å². The molecule has 3 amide bonds. The number of rotatable bonds is 4. The van der Waals surface area contributed by atoms with Crippen LogP contribution in [0.5, 0.6) is 0 Å². The normalized spacial score (nSPS) is 11.8. The number of nitrogens with zero attached hydrogens (tertiary/aromatic N) is 2. The summed E-state index contributed by atoms with van der Waals surface area (Å²) in [6.07, 6.45) is -1.13. The van der Waals surface area contributed by atoms with Crippen molar-refractivity contribution in [2.45, 2.75) is 33.4 Å². The smallest absolute Gasteiger partial charge is 0.328 e. The van der Waals surface area contributed by atoms with Gasteiger partial charge in [-0.15, -0.1) is 0 Å². The van der Waals surface area contributed by atoms with Gasteiger partial charge in [-0.25, -0.2) is 4.79 Å². The van der Waals surface area contributed by atoms with E-state index in [2.05, 4.69) is 5.10 Å². The van der Waals surface area contributed by atoms with Gasteiger partial charge in [0.2, 0.25) is 0 Å². The molecule has 1 heterocycles. The molecule has 0 radical (unpaired) electrons. The van der Waals surface area contributed by atoms with E-state index in [-0.39, 0.29) is 6.54 Å². The molecule has 9 heteroatoms. The van der Waals surface area contributed by atoms with Crippen LogP contribution in [0.15, 0.2) is 0 Å². The van der Waals surface area contributed by atoms with E-state index in [0.717, 1.165) is 0 Å². The molecule has 0 aliphatic rings. The van der Waals surface area contributed by atoms with E-state index in [1.54, 1.807) is 13.8 Å². The predicted molar refractivity (Wildman–Crippen MR) is 69.4 cm³/mol. The molecule has 0 saturated heterocycles. The number of ether oxygens (including phenoxy) is 1. The number of urea groups is 1. The van der Waals surface area contributed by atoms with Gasteiger partial charge in [0.15, 0.2) is 6.10 Å². The molecule has 1 unspecified atom stereocenters. The molecule has 0 aliphatic heterocycles. The SMILES string of the molecule is Cc1nn(CC(=O)OC(C)C(=O)NC(N)=O)c(C)c1N. The Kier molecular flexibility index (Phi) is 4.68. The average molecular weight is 283 g/mol. The number of primary amides is 1. The standard InChI is InChI=1S/C11H17N5O4/c1-5-9(12)6(2)16(15-5)4-8(17)20-7(3)10(18)14-11(13)19/h7H,4,12H2,1-3H3,(H3,13,14,18,19). The first-order valence-corrected chi connectivity index (χ1v) is 5.81. The van der Waals surface area contributed by atoms with Gasteiger partial charge >= 0.3 is 12.0 Å². The van der Waals surface area contributed by atoms with Gasteiger partial charge < -0.3 is 16.2 Å². The average Bonchev–Trinajstić information content (AvgIpc) is 2.56. The number of nitrogen functional groups attached to an aromatic ring is 1. The number of amides is 3. The third-order valence-corrected chi connectivity index (χ3v) is 2.64. The van der Waals surface area contributed by atoms with Crippen molar-refractivity contribution < 1.29 is 19.1 Å². The van der Waals surface area contributed by atoms with Gasteiger partial charge in [0.1, 0.15) is 6.54 Å². The van der Waals surface area contributed by atoms with E-state index in [4.69, 9.17) is 16.2 Å². The van der Waals surface area contributed by atoms with Crippen LogP contribution in [0.4, 0.5) is 10.5 Å². The van der Waals surface area contributed by atoms with Gasteiger partial charge in [-0.1, -0.05) is 0 Å². The second kappa shape index (κ2) is 6.04. The second-order valence-electron chi connectivity index (χ2n) is 4.23. The molecule has 1 aromatic rings. The fourth-order valence-electron chi connectivity index (χ4n) is 1.50. The first kappa shape index (κ1) is 15.5. The van der Waals surface area contributed by atoms with Gasteiger partial charge in [-0.3, -0.25) is 19.6 Å². The number of nitrogens with two attached hydrogens (primary N) is 2. The van der Waals surface area contributed by atoms with Gasteiger partial charge in [0.25, 0.3) is 5.91 Å². The number of aryl methyl sites for hydroxylation is 1. The van der Waals surface area contributed by atoms with Crippen LogP contribution in [-0.4, -0.2) is 33.8 Å². The van der Waals surface area contributed by atoms with Crippen LogP contribution in [0.3, 0.4) is 0 Å². The van der Waals surface area contributed by atoms with Crippen LogP contribution in [0.1, 0.15) is 18.3 Å². The molecule has 1 rings (SSSR count). The van der Waals surface area contributed by atoms with Crippen molar-refractivity contribution in [1.29, 1.82) is 0 Å². The van der Waals surface area contributed by atoms with E-state index in [1.807, 2.05) is 5.32 Å². The Labute approximate surface area is 115 Å². The Balaban J connectivity index is 2.61. The van der Waals surface area contributed by atoms with Crippen molar-refractivity contribution >= 4 is 23.6 Å². The highest BCUT2D eigenvalue weighted by atomic mass is 16.5. The number of imide groups is 1. The van der Waals surface area contributed by atoms with E-state index >= 15 is 0 Å². The highest BCUT2D eigenvalue weighted by Crippen LogP contribution is 2.14. The summed E-state index contributed by atoms with van der Waals surface area (Å²) in [5, 5.41) is 5.88. The van der Waals surface area contributed by atoms with Gasteiger partial charge in [-0.2, -0.15) is 5.10 Å².